The molecule has 0 spiro atoms. The van der Waals surface area contributed by atoms with Crippen LogP contribution in [0.5, 0.6) is 0 Å². The Bertz CT molecular complexity index is 3590. The second-order valence-electron chi connectivity index (χ2n) is 15.6. The van der Waals surface area contributed by atoms with Crippen molar-refractivity contribution in [2.45, 2.75) is 0 Å². The summed E-state index contributed by atoms with van der Waals surface area (Å²) in [5.41, 5.74) is 12.9. The molecule has 61 heavy (non-hydrogen) atoms. The fourth-order valence-corrected chi connectivity index (χ4v) is 9.27. The average Bonchev–Trinajstić information content (AvgIpc) is 3.67. The molecule has 12 aromatic rings. The van der Waals surface area contributed by atoms with E-state index in [9.17, 15) is 0 Å². The maximum atomic E-state index is 5.36. The maximum absolute atomic E-state index is 5.36. The van der Waals surface area contributed by atoms with E-state index in [1.165, 1.54) is 49.0 Å². The van der Waals surface area contributed by atoms with E-state index in [-0.39, 0.29) is 0 Å². The molecule has 0 fully saturated rings. The van der Waals surface area contributed by atoms with Gasteiger partial charge in [0.25, 0.3) is 0 Å². The van der Waals surface area contributed by atoms with E-state index in [1.807, 2.05) is 18.5 Å². The zero-order valence-corrected chi connectivity index (χ0v) is 33.1. The molecular weight excluding hydrogens is 741 g/mol. The number of pyridine rings is 1. The molecule has 0 bridgehead atoms. The molecule has 0 radical (unpaired) electrons. The minimum atomic E-state index is 0.674. The molecule has 0 amide bonds. The molecule has 3 aromatic heterocycles. The summed E-state index contributed by atoms with van der Waals surface area (Å²) >= 11 is 0. The zero-order valence-electron chi connectivity index (χ0n) is 33.1. The van der Waals surface area contributed by atoms with Crippen molar-refractivity contribution >= 4 is 54.1 Å². The second kappa shape index (κ2) is 14.3. The van der Waals surface area contributed by atoms with Gasteiger partial charge in [-0.15, -0.1) is 0 Å². The number of benzene rings is 9. The van der Waals surface area contributed by atoms with Crippen molar-refractivity contribution in [3.8, 4) is 61.8 Å². The number of para-hydroxylation sites is 1. The third kappa shape index (κ3) is 5.88. The standard InChI is InChI=1S/C57H36N4/c1-3-15-38(16-4-1)51-35-52(40-28-29-53-49(34-40)50-36-58-31-30-54(50)61(53)44-20-5-2-6-21-44)60-57(59-51)43-19-13-18-41(33-43)55-45-22-9-11-24-47(45)56(48-25-12-10-23-46(48)55)42-27-26-37-14-7-8-17-39(37)32-42/h1-36H. The van der Waals surface area contributed by atoms with Gasteiger partial charge in [0, 0.05) is 45.5 Å². The lowest BCUT2D eigenvalue weighted by molar-refractivity contribution is 1.17. The molecule has 0 N–H and O–H groups in total. The van der Waals surface area contributed by atoms with E-state index in [0.717, 1.165) is 61.1 Å². The number of aromatic nitrogens is 4. The van der Waals surface area contributed by atoms with E-state index in [2.05, 4.69) is 210 Å². The number of rotatable bonds is 6. The van der Waals surface area contributed by atoms with Crippen LogP contribution in [0.3, 0.4) is 0 Å². The second-order valence-corrected chi connectivity index (χ2v) is 15.6. The SMILES string of the molecule is c1ccc(-c2cc(-c3ccc4c(c3)c3cnccc3n4-c3ccccc3)nc(-c3cccc(-c4c5ccccc5c(-c5ccc6ccccc6c5)c5ccccc45)c3)n2)cc1. The molecule has 0 saturated heterocycles. The highest BCUT2D eigenvalue weighted by Crippen LogP contribution is 2.45. The number of hydrogen-bond acceptors (Lipinski definition) is 3. The molecule has 0 atom stereocenters. The third-order valence-corrected chi connectivity index (χ3v) is 12.1. The summed E-state index contributed by atoms with van der Waals surface area (Å²) in [6.07, 6.45) is 3.83. The Morgan fingerprint density at radius 2 is 0.885 bits per heavy atom. The predicted molar refractivity (Wildman–Crippen MR) is 254 cm³/mol. The molecule has 0 aliphatic carbocycles. The molecule has 0 saturated carbocycles. The highest BCUT2D eigenvalue weighted by atomic mass is 15.0. The van der Waals surface area contributed by atoms with Crippen molar-refractivity contribution in [2.75, 3.05) is 0 Å². The Morgan fingerprint density at radius 3 is 1.61 bits per heavy atom. The van der Waals surface area contributed by atoms with Gasteiger partial charge in [0.2, 0.25) is 0 Å². The molecule has 0 aliphatic heterocycles. The van der Waals surface area contributed by atoms with Crippen molar-refractivity contribution in [1.82, 2.24) is 19.5 Å². The monoisotopic (exact) mass is 776 g/mol. The molecule has 4 heteroatoms. The maximum Gasteiger partial charge on any atom is 0.160 e. The number of fused-ring (bicyclic) bond motifs is 6. The largest absolute Gasteiger partial charge is 0.309 e. The summed E-state index contributed by atoms with van der Waals surface area (Å²) in [6, 6.07) is 73.6. The lowest BCUT2D eigenvalue weighted by Gasteiger charge is -2.18. The first-order chi connectivity index (χ1) is 30.2. The Kier molecular flexibility index (Phi) is 8.13. The van der Waals surface area contributed by atoms with E-state index >= 15 is 0 Å². The summed E-state index contributed by atoms with van der Waals surface area (Å²) in [6.45, 7) is 0. The fourth-order valence-electron chi connectivity index (χ4n) is 9.27. The summed E-state index contributed by atoms with van der Waals surface area (Å²) in [7, 11) is 0. The smallest absolute Gasteiger partial charge is 0.160 e. The van der Waals surface area contributed by atoms with Gasteiger partial charge in [-0.25, -0.2) is 9.97 Å². The highest BCUT2D eigenvalue weighted by molar-refractivity contribution is 6.22. The first-order valence-electron chi connectivity index (χ1n) is 20.7. The highest BCUT2D eigenvalue weighted by Gasteiger charge is 2.19. The van der Waals surface area contributed by atoms with Crippen molar-refractivity contribution in [1.29, 1.82) is 0 Å². The van der Waals surface area contributed by atoms with Crippen LogP contribution in [-0.2, 0) is 0 Å². The fraction of sp³-hybridized carbons (Fsp3) is 0. The summed E-state index contributed by atoms with van der Waals surface area (Å²) in [5.74, 6) is 0.674. The van der Waals surface area contributed by atoms with Crippen LogP contribution in [0.25, 0.3) is 116 Å². The molecular formula is C57H36N4. The van der Waals surface area contributed by atoms with Gasteiger partial charge in [-0.1, -0.05) is 158 Å². The van der Waals surface area contributed by atoms with E-state index in [0.29, 0.717) is 5.82 Å². The Balaban J connectivity index is 1.04. The van der Waals surface area contributed by atoms with E-state index < -0.39 is 0 Å². The van der Waals surface area contributed by atoms with Crippen LogP contribution in [0, 0.1) is 0 Å². The van der Waals surface area contributed by atoms with Gasteiger partial charge in [-0.3, -0.25) is 4.98 Å². The van der Waals surface area contributed by atoms with Crippen molar-refractivity contribution in [3.63, 3.8) is 0 Å². The van der Waals surface area contributed by atoms with Crippen molar-refractivity contribution in [2.24, 2.45) is 0 Å². The quantitative estimate of drug-likeness (QED) is 0.158. The Labute approximate surface area is 352 Å². The molecule has 4 nitrogen and oxygen atoms in total. The Hall–Kier alpha value is -8.21. The topological polar surface area (TPSA) is 43.6 Å². The predicted octanol–water partition coefficient (Wildman–Crippen LogP) is 14.8. The normalized spacial score (nSPS) is 11.6. The molecule has 0 aliphatic rings. The van der Waals surface area contributed by atoms with E-state index in [1.54, 1.807) is 0 Å². The zero-order chi connectivity index (χ0) is 40.3. The molecule has 284 valence electrons. The minimum absolute atomic E-state index is 0.674. The number of nitrogens with zero attached hydrogens (tertiary/aromatic N) is 4. The van der Waals surface area contributed by atoms with Crippen LogP contribution in [0.4, 0.5) is 0 Å². The third-order valence-electron chi connectivity index (χ3n) is 12.1. The lowest BCUT2D eigenvalue weighted by atomic mass is 9.85. The van der Waals surface area contributed by atoms with E-state index in [4.69, 9.17) is 9.97 Å². The van der Waals surface area contributed by atoms with Crippen molar-refractivity contribution in [3.05, 3.63) is 219 Å². The minimum Gasteiger partial charge on any atom is -0.309 e. The first-order valence-corrected chi connectivity index (χ1v) is 20.7. The van der Waals surface area contributed by atoms with Gasteiger partial charge >= 0.3 is 0 Å². The van der Waals surface area contributed by atoms with Crippen molar-refractivity contribution < 1.29 is 0 Å². The summed E-state index contributed by atoms with van der Waals surface area (Å²) in [4.78, 5) is 15.2. The average molecular weight is 777 g/mol. The van der Waals surface area contributed by atoms with Crippen LogP contribution in [0.1, 0.15) is 0 Å². The molecule has 3 heterocycles. The van der Waals surface area contributed by atoms with Crippen LogP contribution < -0.4 is 0 Å². The van der Waals surface area contributed by atoms with Gasteiger partial charge in [0.05, 0.1) is 22.4 Å². The first kappa shape index (κ1) is 34.8. The van der Waals surface area contributed by atoms with Gasteiger partial charge in [-0.05, 0) is 103 Å². The van der Waals surface area contributed by atoms with Crippen LogP contribution in [-0.4, -0.2) is 19.5 Å². The number of hydrogen-bond donors (Lipinski definition) is 0. The van der Waals surface area contributed by atoms with Gasteiger partial charge in [0.1, 0.15) is 0 Å². The van der Waals surface area contributed by atoms with Crippen LogP contribution in [0.2, 0.25) is 0 Å². The van der Waals surface area contributed by atoms with Gasteiger partial charge < -0.3 is 4.57 Å². The molecule has 12 rings (SSSR count). The van der Waals surface area contributed by atoms with Crippen LogP contribution >= 0.6 is 0 Å². The summed E-state index contributed by atoms with van der Waals surface area (Å²) < 4.78 is 2.31. The Morgan fingerprint density at radius 1 is 0.328 bits per heavy atom. The van der Waals surface area contributed by atoms with Gasteiger partial charge in [-0.2, -0.15) is 0 Å². The summed E-state index contributed by atoms with van der Waals surface area (Å²) in [5, 5.41) is 9.55. The molecule has 0 unspecified atom stereocenters. The lowest BCUT2D eigenvalue weighted by Crippen LogP contribution is -1.97. The van der Waals surface area contributed by atoms with Gasteiger partial charge in [0.15, 0.2) is 5.82 Å². The van der Waals surface area contributed by atoms with Crippen LogP contribution in [0.15, 0.2) is 219 Å². The molecule has 9 aromatic carbocycles.